The predicted molar refractivity (Wildman–Crippen MR) is 66.7 cm³/mol. The van der Waals surface area contributed by atoms with Gasteiger partial charge in [0.15, 0.2) is 0 Å². The van der Waals surface area contributed by atoms with Crippen molar-refractivity contribution in [2.24, 2.45) is 0 Å². The van der Waals surface area contributed by atoms with E-state index >= 15 is 0 Å². The van der Waals surface area contributed by atoms with E-state index in [0.717, 1.165) is 25.7 Å². The fourth-order valence-corrected chi connectivity index (χ4v) is 0. The van der Waals surface area contributed by atoms with Crippen LogP contribution in [0.4, 0.5) is 0 Å². The van der Waals surface area contributed by atoms with Crippen LogP contribution in [-0.4, -0.2) is 23.4 Å². The van der Waals surface area contributed by atoms with E-state index in [4.69, 9.17) is 13.0 Å². The first-order valence-corrected chi connectivity index (χ1v) is 6.67. The summed E-state index contributed by atoms with van der Waals surface area (Å²) in [7, 11) is 0. The minimum atomic E-state index is 0.300. The number of rotatable bonds is 2. The zero-order chi connectivity index (χ0) is 14.2. The van der Waals surface area contributed by atoms with Crippen LogP contribution in [0.2, 0.25) is 0 Å². The maximum atomic E-state index is 8.34. The molecule has 0 unspecified atom stereocenters. The fraction of sp³-hybridized carbons (Fsp3) is 0.833. The maximum absolute atomic E-state index is 8.34. The predicted octanol–water partition coefficient (Wildman–Crippen LogP) is 3.12. The van der Waals surface area contributed by atoms with Crippen LogP contribution in [0.15, 0.2) is 0 Å². The van der Waals surface area contributed by atoms with E-state index in [0.29, 0.717) is 37.9 Å². The standard InChI is InChI=1S/2C3H8O.2C3H7.O.Zr/c2*1-2-3-4;2*1-3-2;;/h2*4H,2-3H2,1H3;2*1,3H2,2H3;;/q;;2*-1;;+2. The Balaban J connectivity index is -0.0000000322. The molecule has 0 atom stereocenters. The average Bonchev–Trinajstić information content (AvgIpc) is 2.33. The molecule has 0 bridgehead atoms. The van der Waals surface area contributed by atoms with Crippen LogP contribution in [0.1, 0.15) is 53.4 Å². The van der Waals surface area contributed by atoms with Crippen LogP contribution in [-0.2, 0) is 27.5 Å². The molecule has 0 fully saturated rings. The van der Waals surface area contributed by atoms with Gasteiger partial charge in [0.2, 0.25) is 0 Å². The van der Waals surface area contributed by atoms with E-state index in [1.807, 2.05) is 27.7 Å². The van der Waals surface area contributed by atoms with Gasteiger partial charge in [-0.15, -0.1) is 0 Å². The monoisotopic (exact) mass is 312 g/mol. The van der Waals surface area contributed by atoms with E-state index in [-0.39, 0.29) is 0 Å². The van der Waals surface area contributed by atoms with Gasteiger partial charge in [-0.25, -0.2) is 0 Å². The molecule has 0 rings (SSSR count). The van der Waals surface area contributed by atoms with Crippen molar-refractivity contribution in [1.29, 1.82) is 0 Å². The van der Waals surface area contributed by atoms with Crippen molar-refractivity contribution in [2.75, 3.05) is 13.2 Å². The molecule has 0 aromatic heterocycles. The van der Waals surface area contributed by atoms with Crippen molar-refractivity contribution >= 4 is 0 Å². The molecule has 100 valence electrons. The molecule has 0 aromatic rings. The van der Waals surface area contributed by atoms with Gasteiger partial charge in [0.1, 0.15) is 0 Å². The van der Waals surface area contributed by atoms with Crippen molar-refractivity contribution in [3.8, 4) is 0 Å². The molecule has 2 N–H and O–H groups in total. The third-order valence-corrected chi connectivity index (χ3v) is 0.447. The number of hydrogen-bond acceptors (Lipinski definition) is 3. The van der Waals surface area contributed by atoms with Gasteiger partial charge in [0, 0.05) is 13.2 Å². The molecule has 0 aromatic carbocycles. The first-order chi connectivity index (χ1) is 7.66. The van der Waals surface area contributed by atoms with Crippen molar-refractivity contribution in [1.82, 2.24) is 0 Å². The Morgan fingerprint density at radius 3 is 0.875 bits per heavy atom. The molecule has 0 aliphatic heterocycles. The molecule has 0 heterocycles. The summed E-state index contributed by atoms with van der Waals surface area (Å²) in [5, 5.41) is 15.8. The third-order valence-electron chi connectivity index (χ3n) is 0.447. The molecule has 16 heavy (non-hydrogen) atoms. The van der Waals surface area contributed by atoms with Crippen LogP contribution < -0.4 is 0 Å². The van der Waals surface area contributed by atoms with Gasteiger partial charge in [-0.1, -0.05) is 27.7 Å². The normalized spacial score (nSPS) is 6.38. The summed E-state index contributed by atoms with van der Waals surface area (Å²) in [6, 6.07) is 0. The molecule has 0 saturated heterocycles. The Hall–Kier alpha value is 0.603. The second-order valence-corrected chi connectivity index (χ2v) is 2.45. The van der Waals surface area contributed by atoms with Crippen molar-refractivity contribution in [2.45, 2.75) is 53.4 Å². The molecule has 0 aliphatic carbocycles. The van der Waals surface area contributed by atoms with Gasteiger partial charge in [-0.05, 0) is 12.8 Å². The minimum absolute atomic E-state index is 0.300. The topological polar surface area (TPSA) is 57.5 Å². The molecule has 3 nitrogen and oxygen atoms in total. The molecule has 4 heteroatoms. The molecule has 0 radical (unpaired) electrons. The first-order valence-electron chi connectivity index (χ1n) is 5.67. The Kier molecular flexibility index (Phi) is 143. The summed E-state index contributed by atoms with van der Waals surface area (Å²) in [5.41, 5.74) is 0. The summed E-state index contributed by atoms with van der Waals surface area (Å²) in [4.78, 5) is 0. The summed E-state index contributed by atoms with van der Waals surface area (Å²) < 4.78 is 8.34. The Bertz CT molecular complexity index is 45.5. The zero-order valence-corrected chi connectivity index (χ0v) is 13.9. The summed E-state index contributed by atoms with van der Waals surface area (Å²) in [5.74, 6) is 0. The van der Waals surface area contributed by atoms with Gasteiger partial charge in [-0.3, -0.25) is 0 Å². The van der Waals surface area contributed by atoms with Crippen LogP contribution in [0.3, 0.4) is 0 Å². The van der Waals surface area contributed by atoms with Gasteiger partial charge in [0.05, 0.1) is 0 Å². The quantitative estimate of drug-likeness (QED) is 0.770. The summed E-state index contributed by atoms with van der Waals surface area (Å²) in [6.45, 7) is 15.5. The van der Waals surface area contributed by atoms with Crippen molar-refractivity contribution < 1.29 is 37.7 Å². The fourth-order valence-electron chi connectivity index (χ4n) is 0. The van der Waals surface area contributed by atoms with Crippen LogP contribution in [0, 0.1) is 13.8 Å². The Morgan fingerprint density at radius 1 is 0.812 bits per heavy atom. The van der Waals surface area contributed by atoms with Crippen LogP contribution in [0.5, 0.6) is 0 Å². The van der Waals surface area contributed by atoms with Gasteiger partial charge < -0.3 is 24.1 Å². The van der Waals surface area contributed by atoms with Crippen LogP contribution in [0.25, 0.3) is 0 Å². The molecular weight excluding hydrogens is 283 g/mol. The van der Waals surface area contributed by atoms with E-state index in [1.54, 1.807) is 0 Å². The molecule has 0 amide bonds. The second-order valence-electron chi connectivity index (χ2n) is 2.45. The average molecular weight is 314 g/mol. The molecular formula is C12H30O3Zr. The molecule has 0 aliphatic rings. The van der Waals surface area contributed by atoms with E-state index in [2.05, 4.69) is 13.8 Å². The first kappa shape index (κ1) is 30.0. The SMILES string of the molecule is CCCO.CCCO.[CH2-]CC.[CH2-]CC.[O]=[Zr+2]. The molecule has 0 saturated carbocycles. The van der Waals surface area contributed by atoms with Crippen LogP contribution >= 0.6 is 0 Å². The third kappa shape index (κ3) is 399. The Morgan fingerprint density at radius 2 is 0.875 bits per heavy atom. The molecule has 0 spiro atoms. The van der Waals surface area contributed by atoms with E-state index in [9.17, 15) is 0 Å². The Labute approximate surface area is 118 Å². The summed E-state index contributed by atoms with van der Waals surface area (Å²) >= 11 is 0.300. The van der Waals surface area contributed by atoms with E-state index < -0.39 is 0 Å². The van der Waals surface area contributed by atoms with E-state index in [1.165, 1.54) is 0 Å². The number of aliphatic hydroxyl groups is 2. The van der Waals surface area contributed by atoms with Crippen molar-refractivity contribution in [3.63, 3.8) is 0 Å². The number of aliphatic hydroxyl groups excluding tert-OH is 2. The van der Waals surface area contributed by atoms with Gasteiger partial charge in [-0.2, -0.15) is 12.8 Å². The second kappa shape index (κ2) is 76.3. The van der Waals surface area contributed by atoms with Crippen molar-refractivity contribution in [3.05, 3.63) is 13.8 Å². The number of hydrogen-bond donors (Lipinski definition) is 2. The zero-order valence-electron chi connectivity index (χ0n) is 11.5. The summed E-state index contributed by atoms with van der Waals surface area (Å²) in [6.07, 6.45) is 3.75. The van der Waals surface area contributed by atoms with Gasteiger partial charge in [0.25, 0.3) is 0 Å². The van der Waals surface area contributed by atoms with Gasteiger partial charge >= 0.3 is 27.5 Å².